The van der Waals surface area contributed by atoms with Crippen molar-refractivity contribution in [3.8, 4) is 5.75 Å². The summed E-state index contributed by atoms with van der Waals surface area (Å²) in [6.45, 7) is 3.92. The van der Waals surface area contributed by atoms with Crippen LogP contribution in [0.25, 0.3) is 10.1 Å². The number of esters is 1. The van der Waals surface area contributed by atoms with Gasteiger partial charge in [0.2, 0.25) is 0 Å². The number of hydrogen-bond acceptors (Lipinski definition) is 9. The number of aromatic nitrogens is 1. The summed E-state index contributed by atoms with van der Waals surface area (Å²) >= 11 is 14.3. The average Bonchev–Trinajstić information content (AvgIpc) is 3.31. The van der Waals surface area contributed by atoms with Crippen LogP contribution in [0.3, 0.4) is 0 Å². The molecule has 0 saturated carbocycles. The van der Waals surface area contributed by atoms with Crippen molar-refractivity contribution in [1.82, 2.24) is 9.69 Å². The molecule has 1 amide bonds. The molecule has 1 heterocycles. The fourth-order valence-electron chi connectivity index (χ4n) is 4.21. The summed E-state index contributed by atoms with van der Waals surface area (Å²) in [5.41, 5.74) is 1.53. The smallest absolute Gasteiger partial charge is 0.329 e. The van der Waals surface area contributed by atoms with Gasteiger partial charge in [0.15, 0.2) is 9.84 Å². The lowest BCUT2D eigenvalue weighted by molar-refractivity contribution is -0.149. The van der Waals surface area contributed by atoms with E-state index in [1.807, 2.05) is 12.1 Å². The molecular formula is C29H29Cl2N3O6S2. The van der Waals surface area contributed by atoms with Gasteiger partial charge in [-0.3, -0.25) is 4.79 Å². The number of phenolic OH excluding ortho intramolecular Hbond substituents is 1. The maximum absolute atomic E-state index is 13.5. The van der Waals surface area contributed by atoms with Crippen LogP contribution in [0.15, 0.2) is 59.5 Å². The molecule has 0 unspecified atom stereocenters. The molecule has 0 bridgehead atoms. The molecular weight excluding hydrogens is 621 g/mol. The number of nitrogens with zero attached hydrogens (tertiary/aromatic N) is 1. The quantitative estimate of drug-likeness (QED) is 0.177. The first-order valence-corrected chi connectivity index (χ1v) is 16.3. The highest BCUT2D eigenvalue weighted by atomic mass is 35.5. The average molecular weight is 651 g/mol. The normalized spacial score (nSPS) is 12.3. The number of benzene rings is 3. The van der Waals surface area contributed by atoms with Crippen molar-refractivity contribution in [1.29, 1.82) is 0 Å². The molecule has 4 rings (SSSR count). The SMILES string of the molecule is CC(C)OC(=O)[C@H](Cc1cccc(S(C)(=O)=O)c1)NC(=O)c1c(Cl)cc2c(NCCc3ccc(O)cc3)nsc2c1Cl. The van der Waals surface area contributed by atoms with Gasteiger partial charge in [0.1, 0.15) is 17.6 Å². The molecule has 9 nitrogen and oxygen atoms in total. The Morgan fingerprint density at radius 1 is 1.07 bits per heavy atom. The Morgan fingerprint density at radius 3 is 2.45 bits per heavy atom. The number of nitrogens with one attached hydrogen (secondary N) is 2. The number of carbonyl (C=O) groups excluding carboxylic acids is 2. The Labute approximate surface area is 257 Å². The lowest BCUT2D eigenvalue weighted by Gasteiger charge is -2.20. The van der Waals surface area contributed by atoms with Crippen LogP contribution in [-0.2, 0) is 32.2 Å². The Morgan fingerprint density at radius 2 is 1.79 bits per heavy atom. The largest absolute Gasteiger partial charge is 0.508 e. The highest BCUT2D eigenvalue weighted by Gasteiger charge is 2.28. The lowest BCUT2D eigenvalue weighted by Crippen LogP contribution is -2.44. The Kier molecular flexibility index (Phi) is 9.98. The number of fused-ring (bicyclic) bond motifs is 1. The van der Waals surface area contributed by atoms with E-state index in [0.29, 0.717) is 34.4 Å². The van der Waals surface area contributed by atoms with Crippen molar-refractivity contribution >= 4 is 72.4 Å². The maximum Gasteiger partial charge on any atom is 0.329 e. The van der Waals surface area contributed by atoms with Crippen molar-refractivity contribution in [2.75, 3.05) is 18.1 Å². The van der Waals surface area contributed by atoms with E-state index in [1.165, 1.54) is 12.1 Å². The zero-order valence-electron chi connectivity index (χ0n) is 23.0. The number of hydrogen-bond donors (Lipinski definition) is 3. The Balaban J connectivity index is 1.56. The number of anilines is 1. The molecule has 0 aliphatic carbocycles. The number of amides is 1. The highest BCUT2D eigenvalue weighted by Crippen LogP contribution is 2.39. The van der Waals surface area contributed by atoms with Crippen LogP contribution in [0.5, 0.6) is 5.75 Å². The molecule has 0 aliphatic heterocycles. The van der Waals surface area contributed by atoms with Crippen molar-refractivity contribution in [3.05, 3.63) is 81.3 Å². The Hall–Kier alpha value is -3.38. The molecule has 0 spiro atoms. The summed E-state index contributed by atoms with van der Waals surface area (Å²) in [7, 11) is -3.48. The van der Waals surface area contributed by atoms with Crippen LogP contribution in [0.4, 0.5) is 5.82 Å². The van der Waals surface area contributed by atoms with Crippen LogP contribution >= 0.6 is 34.7 Å². The standard InChI is InChI=1S/C29H29Cl2N3O6S2/c1-16(2)40-29(37)23(14-18-5-4-6-20(13-18)42(3,38)39)33-28(36)24-22(30)15-21-26(25(24)31)41-34-27(21)32-12-11-17-7-9-19(35)10-8-17/h4-10,13,15-16,23,35H,11-12,14H2,1-3H3,(H,32,34)(H,33,36)/t23-/m0/s1. The highest BCUT2D eigenvalue weighted by molar-refractivity contribution is 7.90. The molecule has 4 aromatic rings. The fraction of sp³-hybridized carbons (Fsp3) is 0.276. The summed E-state index contributed by atoms with van der Waals surface area (Å²) in [6, 6.07) is 13.5. The van der Waals surface area contributed by atoms with Gasteiger partial charge in [0.05, 0.1) is 31.3 Å². The minimum Gasteiger partial charge on any atom is -0.508 e. The summed E-state index contributed by atoms with van der Waals surface area (Å²) in [6.07, 6.45) is 1.31. The van der Waals surface area contributed by atoms with Crippen LogP contribution in [0.1, 0.15) is 35.3 Å². The third-order valence-electron chi connectivity index (χ3n) is 6.23. The maximum atomic E-state index is 13.5. The van der Waals surface area contributed by atoms with E-state index in [1.54, 1.807) is 44.2 Å². The van der Waals surface area contributed by atoms with Gasteiger partial charge in [0, 0.05) is 24.6 Å². The zero-order valence-corrected chi connectivity index (χ0v) is 26.1. The van der Waals surface area contributed by atoms with E-state index >= 15 is 0 Å². The topological polar surface area (TPSA) is 135 Å². The second kappa shape index (κ2) is 13.3. The number of rotatable bonds is 11. The van der Waals surface area contributed by atoms with Gasteiger partial charge in [-0.1, -0.05) is 47.5 Å². The number of sulfone groups is 1. The number of ether oxygens (including phenoxy) is 1. The van der Waals surface area contributed by atoms with E-state index in [2.05, 4.69) is 15.0 Å². The minimum absolute atomic E-state index is 0.0163. The minimum atomic E-state index is -3.48. The molecule has 3 aromatic carbocycles. The van der Waals surface area contributed by atoms with Gasteiger partial charge in [-0.05, 0) is 73.3 Å². The van der Waals surface area contributed by atoms with Gasteiger partial charge in [-0.15, -0.1) is 0 Å². The summed E-state index contributed by atoms with van der Waals surface area (Å²) in [5.74, 6) is -0.610. The molecule has 13 heteroatoms. The van der Waals surface area contributed by atoms with Gasteiger partial charge in [0.25, 0.3) is 5.91 Å². The first-order valence-electron chi connectivity index (χ1n) is 12.9. The molecule has 0 aliphatic rings. The van der Waals surface area contributed by atoms with Crippen molar-refractivity contribution in [2.45, 2.75) is 43.7 Å². The van der Waals surface area contributed by atoms with Crippen molar-refractivity contribution in [3.63, 3.8) is 0 Å². The summed E-state index contributed by atoms with van der Waals surface area (Å²) < 4.78 is 34.4. The van der Waals surface area contributed by atoms with Gasteiger partial charge in [-0.2, -0.15) is 4.37 Å². The van der Waals surface area contributed by atoms with Crippen molar-refractivity contribution < 1.29 is 27.9 Å². The number of phenols is 1. The third kappa shape index (κ3) is 7.71. The molecule has 0 fully saturated rings. The lowest BCUT2D eigenvalue weighted by atomic mass is 10.0. The van der Waals surface area contributed by atoms with Crippen LogP contribution in [0, 0.1) is 0 Å². The number of carbonyl (C=O) groups is 2. The van der Waals surface area contributed by atoms with Gasteiger partial charge >= 0.3 is 5.97 Å². The second-order valence-corrected chi connectivity index (χ2v) is 13.5. The number of aromatic hydroxyl groups is 1. The molecule has 42 heavy (non-hydrogen) atoms. The Bertz CT molecular complexity index is 1720. The van der Waals surface area contributed by atoms with Crippen LogP contribution in [0.2, 0.25) is 10.0 Å². The van der Waals surface area contributed by atoms with E-state index in [0.717, 1.165) is 23.4 Å². The monoisotopic (exact) mass is 649 g/mol. The van der Waals surface area contributed by atoms with Crippen LogP contribution in [-0.4, -0.2) is 54.7 Å². The second-order valence-electron chi connectivity index (χ2n) is 9.93. The molecule has 3 N–H and O–H groups in total. The molecule has 0 radical (unpaired) electrons. The first-order chi connectivity index (χ1) is 19.8. The van der Waals surface area contributed by atoms with E-state index in [4.69, 9.17) is 27.9 Å². The molecule has 1 atom stereocenters. The fourth-order valence-corrected chi connectivity index (χ4v) is 6.41. The third-order valence-corrected chi connectivity index (χ3v) is 9.01. The van der Waals surface area contributed by atoms with Gasteiger partial charge < -0.3 is 20.5 Å². The van der Waals surface area contributed by atoms with E-state index in [9.17, 15) is 23.1 Å². The predicted molar refractivity (Wildman–Crippen MR) is 166 cm³/mol. The summed E-state index contributed by atoms with van der Waals surface area (Å²) in [4.78, 5) is 26.5. The predicted octanol–water partition coefficient (Wildman–Crippen LogP) is 5.66. The van der Waals surface area contributed by atoms with E-state index in [-0.39, 0.29) is 32.7 Å². The number of halogens is 2. The zero-order chi connectivity index (χ0) is 30.6. The van der Waals surface area contributed by atoms with Crippen molar-refractivity contribution in [2.24, 2.45) is 0 Å². The molecule has 0 saturated heterocycles. The molecule has 1 aromatic heterocycles. The van der Waals surface area contributed by atoms with E-state index < -0.39 is 33.9 Å². The van der Waals surface area contributed by atoms with Gasteiger partial charge in [-0.25, -0.2) is 13.2 Å². The summed E-state index contributed by atoms with van der Waals surface area (Å²) in [5, 5.41) is 16.2. The molecule has 222 valence electrons. The van der Waals surface area contributed by atoms with Crippen LogP contribution < -0.4 is 10.6 Å². The first kappa shape index (κ1) is 31.6.